The SMILES string of the molecule is c1ccc(-c2cccc3c(-c4ccc5cc(-c6c7ccccc7c(-c7ccc(-c8ccc9ccccc9c8)cc7)c7ccccc67)ccc5c4)ccc(-c4ccccc4)c23)cc1. The van der Waals surface area contributed by atoms with E-state index in [-0.39, 0.29) is 0 Å². The van der Waals surface area contributed by atoms with Crippen molar-refractivity contribution < 1.29 is 0 Å². The fraction of sp³-hybridized carbons (Fsp3) is 0. The number of benzene rings is 12. The third-order valence-electron chi connectivity index (χ3n) is 12.8. The summed E-state index contributed by atoms with van der Waals surface area (Å²) in [6, 6.07) is 89.3. The molecule has 0 atom stereocenters. The second-order valence-electron chi connectivity index (χ2n) is 16.4. The summed E-state index contributed by atoms with van der Waals surface area (Å²) >= 11 is 0. The molecule has 0 aliphatic carbocycles. The summed E-state index contributed by atoms with van der Waals surface area (Å²) in [5.74, 6) is 0. The molecule has 62 heavy (non-hydrogen) atoms. The zero-order chi connectivity index (χ0) is 41.0. The summed E-state index contributed by atoms with van der Waals surface area (Å²) < 4.78 is 0. The summed E-state index contributed by atoms with van der Waals surface area (Å²) in [5, 5.41) is 12.5. The molecular weight excluding hydrogens is 745 g/mol. The molecule has 0 radical (unpaired) electrons. The molecular formula is C62H40. The molecule has 12 aromatic rings. The molecule has 0 spiro atoms. The molecule has 0 aromatic heterocycles. The van der Waals surface area contributed by atoms with Crippen LogP contribution in [0.1, 0.15) is 0 Å². The molecule has 0 saturated heterocycles. The summed E-state index contributed by atoms with van der Waals surface area (Å²) in [6.45, 7) is 0. The van der Waals surface area contributed by atoms with Crippen LogP contribution in [-0.2, 0) is 0 Å². The van der Waals surface area contributed by atoms with Crippen molar-refractivity contribution in [2.24, 2.45) is 0 Å². The van der Waals surface area contributed by atoms with Crippen molar-refractivity contribution in [3.05, 3.63) is 243 Å². The van der Waals surface area contributed by atoms with Gasteiger partial charge in [-0.2, -0.15) is 0 Å². The summed E-state index contributed by atoms with van der Waals surface area (Å²) in [5.41, 5.74) is 14.8. The Bertz CT molecular complexity index is 3550. The van der Waals surface area contributed by atoms with Gasteiger partial charge in [-0.25, -0.2) is 0 Å². The molecule has 0 heteroatoms. The lowest BCUT2D eigenvalue weighted by Crippen LogP contribution is -1.91. The Hall–Kier alpha value is -8.06. The van der Waals surface area contributed by atoms with Crippen LogP contribution in [-0.4, -0.2) is 0 Å². The summed E-state index contributed by atoms with van der Waals surface area (Å²) in [6.07, 6.45) is 0. The molecule has 12 aromatic carbocycles. The fourth-order valence-corrected chi connectivity index (χ4v) is 9.89. The van der Waals surface area contributed by atoms with E-state index in [2.05, 4.69) is 243 Å². The predicted octanol–water partition coefficient (Wildman–Crippen LogP) is 17.5. The predicted molar refractivity (Wildman–Crippen MR) is 267 cm³/mol. The van der Waals surface area contributed by atoms with Gasteiger partial charge in [0, 0.05) is 0 Å². The molecule has 0 nitrogen and oxygen atoms in total. The van der Waals surface area contributed by atoms with Gasteiger partial charge in [-0.3, -0.25) is 0 Å². The average Bonchev–Trinajstić information content (AvgIpc) is 3.35. The second-order valence-corrected chi connectivity index (χ2v) is 16.4. The molecule has 0 heterocycles. The Morgan fingerprint density at radius 2 is 0.581 bits per heavy atom. The first-order valence-corrected chi connectivity index (χ1v) is 21.5. The Morgan fingerprint density at radius 1 is 0.177 bits per heavy atom. The maximum atomic E-state index is 2.38. The number of rotatable bonds is 6. The lowest BCUT2D eigenvalue weighted by atomic mass is 9.85. The molecule has 0 unspecified atom stereocenters. The van der Waals surface area contributed by atoms with Gasteiger partial charge in [0.05, 0.1) is 0 Å². The molecule has 0 amide bonds. The van der Waals surface area contributed by atoms with Crippen LogP contribution in [0.25, 0.3) is 121 Å². The normalized spacial score (nSPS) is 11.5. The van der Waals surface area contributed by atoms with Gasteiger partial charge in [0.25, 0.3) is 0 Å². The minimum Gasteiger partial charge on any atom is -0.0622 e. The summed E-state index contributed by atoms with van der Waals surface area (Å²) in [7, 11) is 0. The zero-order valence-corrected chi connectivity index (χ0v) is 34.1. The van der Waals surface area contributed by atoms with Crippen LogP contribution in [0.15, 0.2) is 243 Å². The first-order chi connectivity index (χ1) is 30.7. The van der Waals surface area contributed by atoms with Crippen molar-refractivity contribution in [3.63, 3.8) is 0 Å². The van der Waals surface area contributed by atoms with Crippen molar-refractivity contribution in [1.29, 1.82) is 0 Å². The van der Waals surface area contributed by atoms with Crippen molar-refractivity contribution >= 4 is 53.9 Å². The van der Waals surface area contributed by atoms with Gasteiger partial charge >= 0.3 is 0 Å². The highest BCUT2D eigenvalue weighted by atomic mass is 14.2. The van der Waals surface area contributed by atoms with Crippen molar-refractivity contribution in [3.8, 4) is 66.8 Å². The van der Waals surface area contributed by atoms with Crippen LogP contribution < -0.4 is 0 Å². The topological polar surface area (TPSA) is 0 Å². The maximum absolute atomic E-state index is 2.38. The third-order valence-corrected chi connectivity index (χ3v) is 12.8. The van der Waals surface area contributed by atoms with Crippen LogP contribution in [0.4, 0.5) is 0 Å². The lowest BCUT2D eigenvalue weighted by molar-refractivity contribution is 1.61. The van der Waals surface area contributed by atoms with E-state index >= 15 is 0 Å². The highest BCUT2D eigenvalue weighted by Gasteiger charge is 2.18. The van der Waals surface area contributed by atoms with Gasteiger partial charge in [-0.15, -0.1) is 0 Å². The van der Waals surface area contributed by atoms with Gasteiger partial charge in [0.1, 0.15) is 0 Å². The highest BCUT2D eigenvalue weighted by Crippen LogP contribution is 2.46. The average molecular weight is 785 g/mol. The van der Waals surface area contributed by atoms with Gasteiger partial charge in [0.15, 0.2) is 0 Å². The Morgan fingerprint density at radius 3 is 1.23 bits per heavy atom. The van der Waals surface area contributed by atoms with Gasteiger partial charge in [-0.05, 0) is 139 Å². The van der Waals surface area contributed by atoms with E-state index in [0.717, 1.165) is 0 Å². The van der Waals surface area contributed by atoms with Crippen LogP contribution in [0.2, 0.25) is 0 Å². The largest absolute Gasteiger partial charge is 0.0622 e. The van der Waals surface area contributed by atoms with Crippen molar-refractivity contribution in [2.75, 3.05) is 0 Å². The Kier molecular flexibility index (Phi) is 8.61. The second kappa shape index (κ2) is 14.9. The molecule has 0 fully saturated rings. The molecule has 0 aliphatic rings. The van der Waals surface area contributed by atoms with E-state index < -0.39 is 0 Å². The molecule has 12 rings (SSSR count). The van der Waals surface area contributed by atoms with Crippen molar-refractivity contribution in [2.45, 2.75) is 0 Å². The maximum Gasteiger partial charge on any atom is -0.00206 e. The monoisotopic (exact) mass is 784 g/mol. The van der Waals surface area contributed by atoms with E-state index in [1.54, 1.807) is 0 Å². The van der Waals surface area contributed by atoms with Crippen LogP contribution >= 0.6 is 0 Å². The standard InChI is InChI=1S/C62H40/c1-3-15-43(16-4-1)53-24-13-25-55-52(36-37-54(62(53)55)44-17-5-2-6-18-44)50-34-32-49-40-51(35-33-48(49)39-50)61-58-22-11-9-20-56(58)60(57-21-10-12-23-59(57)61)45-29-26-42(27-30-45)47-31-28-41-14-7-8-19-46(41)38-47/h1-40H. The number of fused-ring (bicyclic) bond motifs is 5. The van der Waals surface area contributed by atoms with Crippen LogP contribution in [0.3, 0.4) is 0 Å². The Labute approximate surface area is 361 Å². The molecule has 0 saturated carbocycles. The molecule has 0 aliphatic heterocycles. The molecule has 0 N–H and O–H groups in total. The van der Waals surface area contributed by atoms with Crippen LogP contribution in [0.5, 0.6) is 0 Å². The first kappa shape index (κ1) is 35.8. The van der Waals surface area contributed by atoms with Gasteiger partial charge < -0.3 is 0 Å². The minimum absolute atomic E-state index is 1.21. The quantitative estimate of drug-likeness (QED) is 0.147. The minimum atomic E-state index is 1.21. The van der Waals surface area contributed by atoms with E-state index in [9.17, 15) is 0 Å². The van der Waals surface area contributed by atoms with E-state index in [1.165, 1.54) is 121 Å². The zero-order valence-electron chi connectivity index (χ0n) is 34.1. The van der Waals surface area contributed by atoms with Gasteiger partial charge in [0.2, 0.25) is 0 Å². The van der Waals surface area contributed by atoms with E-state index in [4.69, 9.17) is 0 Å². The number of hydrogen-bond acceptors (Lipinski definition) is 0. The fourth-order valence-electron chi connectivity index (χ4n) is 9.89. The van der Waals surface area contributed by atoms with Crippen molar-refractivity contribution in [1.82, 2.24) is 0 Å². The Balaban J connectivity index is 0.967. The molecule has 0 bridgehead atoms. The first-order valence-electron chi connectivity index (χ1n) is 21.5. The van der Waals surface area contributed by atoms with Crippen LogP contribution in [0, 0.1) is 0 Å². The smallest absolute Gasteiger partial charge is 0.00206 e. The lowest BCUT2D eigenvalue weighted by Gasteiger charge is -2.18. The third kappa shape index (κ3) is 6.08. The highest BCUT2D eigenvalue weighted by molar-refractivity contribution is 6.22. The summed E-state index contributed by atoms with van der Waals surface area (Å²) in [4.78, 5) is 0. The van der Waals surface area contributed by atoms with E-state index in [1.807, 2.05) is 0 Å². The van der Waals surface area contributed by atoms with E-state index in [0.29, 0.717) is 0 Å². The molecule has 288 valence electrons. The number of hydrogen-bond donors (Lipinski definition) is 0. The van der Waals surface area contributed by atoms with Gasteiger partial charge in [-0.1, -0.05) is 224 Å².